The molecule has 14 amide bonds. The number of amides is 14. The predicted octanol–water partition coefficient (Wildman–Crippen LogP) is -4.91. The standard InChI is InChI=1S/C76H104N18O19S2/c1-41(79)64(100)82-37-61(99)83-58-39-114-115-40-59(76(112)113)92-72(108)57(38-95)91-75(111)63(43(3)97)94-71(107)54(33-46-23-11-6-12-24-46)90-74(110)62(42(2)96)93-66(102)51(28-16-18-30-78)84-69(105)55(34-47-36-81-49-26-14-13-25-48(47)49)88-68(104)53(32-45-21-9-5-10-22-45)86-67(103)52(31-44-19-7-4-8-20-44)87-70(106)56(35-60(80)98)89-65(101)50(85-73(58)109)27-15-17-29-77/h4-14,19-26,36,41-43,50-59,62-63,81,95-97H,15-18,27-35,37-40,77-79H2,1-3H3,(H2,80,98)(H,82,100)(H,83,99)(H,84,105)(H,85,109)(H,86,103)(H,87,106)(H,88,104)(H,89,101)(H,90,110)(H,91,111)(H,92,108)(H,93,102)(H,94,107)(H,112,113)/t41-,42+,43+,50?,51?,52?,53-,54?,55?,56-,57?,58-,59-,62-,63-/m0/s1. The smallest absolute Gasteiger partial charge is 0.327 e. The summed E-state index contributed by atoms with van der Waals surface area (Å²) in [6.07, 6.45) is -3.48. The molecule has 0 aliphatic carbocycles. The number of aliphatic carboxylic acids is 1. The van der Waals surface area contributed by atoms with Crippen LogP contribution in [0.3, 0.4) is 0 Å². The van der Waals surface area contributed by atoms with Gasteiger partial charge < -0.3 is 117 Å². The average Bonchev–Trinajstić information content (AvgIpc) is 1.71. The lowest BCUT2D eigenvalue weighted by Crippen LogP contribution is -2.63. The molecule has 4 aromatic carbocycles. The van der Waals surface area contributed by atoms with Gasteiger partial charge in [0.15, 0.2) is 0 Å². The average molecular weight is 1640 g/mol. The molecule has 1 aliphatic rings. The summed E-state index contributed by atoms with van der Waals surface area (Å²) in [5.41, 5.74) is 25.6. The van der Waals surface area contributed by atoms with E-state index in [4.69, 9.17) is 22.9 Å². The molecular weight excluding hydrogens is 1530 g/mol. The lowest BCUT2D eigenvalue weighted by atomic mass is 10.00. The Morgan fingerprint density at radius 2 is 0.852 bits per heavy atom. The van der Waals surface area contributed by atoms with E-state index in [1.165, 1.54) is 6.92 Å². The van der Waals surface area contributed by atoms with Crippen molar-refractivity contribution < 1.29 is 92.3 Å². The minimum absolute atomic E-state index is 0.104. The molecule has 39 heteroatoms. The van der Waals surface area contributed by atoms with Crippen molar-refractivity contribution in [1.29, 1.82) is 0 Å². The number of hydrogen-bond donors (Lipinski definition) is 22. The van der Waals surface area contributed by atoms with Crippen LogP contribution in [0.5, 0.6) is 0 Å². The maximum absolute atomic E-state index is 15.4. The monoisotopic (exact) mass is 1640 g/mol. The third-order valence-corrected chi connectivity index (χ3v) is 20.7. The third-order valence-electron chi connectivity index (χ3n) is 18.3. The van der Waals surface area contributed by atoms with Crippen molar-refractivity contribution >= 4 is 121 Å². The molecule has 15 atom stereocenters. The molecule has 1 saturated heterocycles. The fourth-order valence-corrected chi connectivity index (χ4v) is 14.3. The number of aliphatic hydroxyl groups is 3. The molecule has 0 spiro atoms. The van der Waals surface area contributed by atoms with Crippen molar-refractivity contribution in [2.75, 3.05) is 37.7 Å². The second kappa shape index (κ2) is 47.6. The largest absolute Gasteiger partial charge is 0.480 e. The van der Waals surface area contributed by atoms with Gasteiger partial charge in [-0.1, -0.05) is 131 Å². The van der Waals surface area contributed by atoms with Gasteiger partial charge in [-0.05, 0) is 101 Å². The van der Waals surface area contributed by atoms with E-state index in [2.05, 4.69) is 74.1 Å². The Balaban J connectivity index is 1.47. The first-order chi connectivity index (χ1) is 54.9. The first-order valence-electron chi connectivity index (χ1n) is 37.4. The highest BCUT2D eigenvalue weighted by Gasteiger charge is 2.40. The fourth-order valence-electron chi connectivity index (χ4n) is 11.9. The van der Waals surface area contributed by atoms with Crippen molar-refractivity contribution in [2.45, 2.75) is 182 Å². The van der Waals surface area contributed by atoms with Crippen LogP contribution in [-0.4, -0.2) is 243 Å². The number of aromatic nitrogens is 1. The molecule has 37 nitrogen and oxygen atoms in total. The molecule has 5 aromatic rings. The number of nitrogens with one attached hydrogen (secondary N) is 14. The number of carboxylic acids is 1. The molecular formula is C76H104N18O19S2. The maximum atomic E-state index is 15.4. The number of hydrogen-bond acceptors (Lipinski definition) is 23. The number of para-hydroxylation sites is 1. The van der Waals surface area contributed by atoms with Crippen molar-refractivity contribution in [3.63, 3.8) is 0 Å². The van der Waals surface area contributed by atoms with E-state index in [0.29, 0.717) is 39.6 Å². The first-order valence-corrected chi connectivity index (χ1v) is 39.8. The molecule has 0 saturated carbocycles. The van der Waals surface area contributed by atoms with E-state index in [1.54, 1.807) is 121 Å². The summed E-state index contributed by atoms with van der Waals surface area (Å²) >= 11 is 0. The highest BCUT2D eigenvalue weighted by atomic mass is 33.1. The Hall–Kier alpha value is -11.1. The number of carboxylic acid groups (broad SMARTS) is 1. The van der Waals surface area contributed by atoms with Gasteiger partial charge in [-0.25, -0.2) is 4.79 Å². The van der Waals surface area contributed by atoms with E-state index < -0.39 is 210 Å². The van der Waals surface area contributed by atoms with E-state index >= 15 is 14.4 Å². The molecule has 1 aliphatic heterocycles. The quantitative estimate of drug-likeness (QED) is 0.0182. The van der Waals surface area contributed by atoms with Gasteiger partial charge in [-0.15, -0.1) is 0 Å². The molecule has 26 N–H and O–H groups in total. The van der Waals surface area contributed by atoms with Crippen LogP contribution in [0.15, 0.2) is 121 Å². The molecule has 2 heterocycles. The van der Waals surface area contributed by atoms with E-state index in [9.17, 15) is 78.0 Å². The van der Waals surface area contributed by atoms with Gasteiger partial charge in [0.1, 0.15) is 72.5 Å². The van der Waals surface area contributed by atoms with Crippen molar-refractivity contribution in [3.05, 3.63) is 144 Å². The zero-order valence-electron chi connectivity index (χ0n) is 63.8. The van der Waals surface area contributed by atoms with Gasteiger partial charge in [0.05, 0.1) is 37.8 Å². The Bertz CT molecular complexity index is 4130. The van der Waals surface area contributed by atoms with Crippen LogP contribution < -0.4 is 92.1 Å². The second-order valence-electron chi connectivity index (χ2n) is 27.6. The molecule has 0 bridgehead atoms. The molecule has 0 radical (unpaired) electrons. The van der Waals surface area contributed by atoms with Crippen LogP contribution >= 0.6 is 21.6 Å². The zero-order chi connectivity index (χ0) is 84.3. The number of carbonyl (C=O) groups excluding carboxylic acids is 14. The SMILES string of the molecule is C[C@H](N)C(=O)NCC(=O)N[C@H]1CSSC[C@@H](C(=O)O)NC(=O)C(CO)NC(=O)[C@H]([C@@H](C)O)NC(=O)C(Cc2ccccc2)NC(=O)[C@H]([C@@H](C)O)NC(=O)C(CCCCN)NC(=O)C(Cc2c[nH]c3ccccc23)NC(=O)[C@H](Cc2ccccc2)NC(=O)C(Cc2ccccc2)NC(=O)[C@H](CC(N)=O)NC(=O)C(CCCCN)NC1=O. The topological polar surface area (TPSA) is 613 Å². The minimum atomic E-state index is -1.99. The van der Waals surface area contributed by atoms with Gasteiger partial charge in [0, 0.05) is 54.3 Å². The summed E-state index contributed by atoms with van der Waals surface area (Å²) in [5.74, 6) is -17.7. The number of aliphatic hydroxyl groups excluding tert-OH is 3. The molecule has 1 aromatic heterocycles. The van der Waals surface area contributed by atoms with E-state index in [0.717, 1.165) is 35.4 Å². The predicted molar refractivity (Wildman–Crippen MR) is 425 cm³/mol. The Morgan fingerprint density at radius 3 is 1.30 bits per heavy atom. The molecule has 115 heavy (non-hydrogen) atoms. The summed E-state index contributed by atoms with van der Waals surface area (Å²) in [5, 5.41) is 76.1. The van der Waals surface area contributed by atoms with Crippen LogP contribution in [0.25, 0.3) is 10.9 Å². The van der Waals surface area contributed by atoms with Gasteiger partial charge in [-0.3, -0.25) is 67.1 Å². The lowest BCUT2D eigenvalue weighted by Gasteiger charge is -2.29. The number of benzene rings is 4. The molecule has 6 rings (SSSR count). The van der Waals surface area contributed by atoms with Gasteiger partial charge in [0.25, 0.3) is 0 Å². The first kappa shape index (κ1) is 92.8. The molecule has 1 fully saturated rings. The lowest BCUT2D eigenvalue weighted by molar-refractivity contribution is -0.142. The molecule has 6 unspecified atom stereocenters. The summed E-state index contributed by atoms with van der Waals surface area (Å²) in [6.45, 7) is 1.88. The van der Waals surface area contributed by atoms with Crippen LogP contribution in [0.1, 0.15) is 88.0 Å². The van der Waals surface area contributed by atoms with Crippen LogP contribution in [0.2, 0.25) is 0 Å². The number of carbonyl (C=O) groups is 15. The van der Waals surface area contributed by atoms with Crippen molar-refractivity contribution in [1.82, 2.24) is 74.1 Å². The van der Waals surface area contributed by atoms with Gasteiger partial charge in [-0.2, -0.15) is 0 Å². The Labute approximate surface area is 670 Å². The highest BCUT2D eigenvalue weighted by molar-refractivity contribution is 8.76. The van der Waals surface area contributed by atoms with Crippen molar-refractivity contribution in [3.8, 4) is 0 Å². The summed E-state index contributed by atoms with van der Waals surface area (Å²) < 4.78 is 0. The van der Waals surface area contributed by atoms with Crippen molar-refractivity contribution in [2.24, 2.45) is 22.9 Å². The maximum Gasteiger partial charge on any atom is 0.327 e. The number of unbranched alkanes of at least 4 members (excludes halogenated alkanes) is 2. The summed E-state index contributed by atoms with van der Waals surface area (Å²) in [7, 11) is 1.49. The Kier molecular flexibility index (Phi) is 38.4. The van der Waals surface area contributed by atoms with Gasteiger partial charge >= 0.3 is 5.97 Å². The number of aromatic amines is 1. The fraction of sp³-hybridized carbons (Fsp3) is 0.461. The normalized spacial score (nSPS) is 23.7. The zero-order valence-corrected chi connectivity index (χ0v) is 65.4. The summed E-state index contributed by atoms with van der Waals surface area (Å²) in [6, 6.07) is 9.57. The van der Waals surface area contributed by atoms with Gasteiger partial charge in [0.2, 0.25) is 82.7 Å². The highest BCUT2D eigenvalue weighted by Crippen LogP contribution is 2.25. The van der Waals surface area contributed by atoms with Crippen LogP contribution in [0.4, 0.5) is 0 Å². The van der Waals surface area contributed by atoms with Crippen LogP contribution in [-0.2, 0) is 97.6 Å². The molecule has 624 valence electrons. The van der Waals surface area contributed by atoms with E-state index in [-0.39, 0.29) is 70.9 Å². The number of nitrogens with two attached hydrogens (primary N) is 4. The minimum Gasteiger partial charge on any atom is -0.480 e. The second-order valence-corrected chi connectivity index (χ2v) is 30.1. The Morgan fingerprint density at radius 1 is 0.470 bits per heavy atom. The summed E-state index contributed by atoms with van der Waals surface area (Å²) in [4.78, 5) is 217. The van der Waals surface area contributed by atoms with E-state index in [1.807, 2.05) is 0 Å². The number of rotatable bonds is 26. The number of primary amides is 1. The number of fused-ring (bicyclic) bond motifs is 1. The number of H-pyrrole nitrogens is 1. The third kappa shape index (κ3) is 30.7. The van der Waals surface area contributed by atoms with Crippen LogP contribution in [0, 0.1) is 0 Å².